The van der Waals surface area contributed by atoms with E-state index in [0.29, 0.717) is 0 Å². The first-order chi connectivity index (χ1) is 9.47. The molecular weight excluding hydrogens is 376 g/mol. The van der Waals surface area contributed by atoms with Gasteiger partial charge in [0.05, 0.1) is 8.49 Å². The van der Waals surface area contributed by atoms with Crippen LogP contribution in [0.15, 0.2) is 12.1 Å². The topological polar surface area (TPSA) is 58.4 Å². The molecule has 1 atom stereocenters. The number of anilines is 1. The molecule has 1 fully saturated rings. The number of hydrogen-bond donors (Lipinski definition) is 1. The van der Waals surface area contributed by atoms with E-state index < -0.39 is 10.7 Å². The summed E-state index contributed by atoms with van der Waals surface area (Å²) in [4.78, 5) is 12.9. The Morgan fingerprint density at radius 1 is 1.50 bits per heavy atom. The standard InChI is InChI=1S/C13H17FIN3O2/c1-9(8-17-4-2-3-5-17)16-12-6-10(14)11(15)7-13(12)18(19)20/h6-7,9,16H,2-5,8H2,1H3. The van der Waals surface area contributed by atoms with Gasteiger partial charge in [-0.25, -0.2) is 4.39 Å². The van der Waals surface area contributed by atoms with E-state index in [1.165, 1.54) is 25.0 Å². The molecule has 1 N–H and O–H groups in total. The quantitative estimate of drug-likeness (QED) is 0.474. The second-order valence-electron chi connectivity index (χ2n) is 5.09. The molecule has 1 aromatic rings. The lowest BCUT2D eigenvalue weighted by atomic mass is 10.2. The lowest BCUT2D eigenvalue weighted by molar-refractivity contribution is -0.384. The van der Waals surface area contributed by atoms with Gasteiger partial charge >= 0.3 is 0 Å². The van der Waals surface area contributed by atoms with E-state index in [-0.39, 0.29) is 21.0 Å². The van der Waals surface area contributed by atoms with E-state index in [2.05, 4.69) is 10.2 Å². The highest BCUT2D eigenvalue weighted by Crippen LogP contribution is 2.29. The molecular formula is C13H17FIN3O2. The molecule has 0 radical (unpaired) electrons. The number of nitrogens with one attached hydrogen (secondary N) is 1. The van der Waals surface area contributed by atoms with Crippen LogP contribution in [-0.4, -0.2) is 35.5 Å². The molecule has 5 nitrogen and oxygen atoms in total. The molecule has 1 heterocycles. The summed E-state index contributed by atoms with van der Waals surface area (Å²) in [7, 11) is 0. The number of likely N-dealkylation sites (tertiary alicyclic amines) is 1. The van der Waals surface area contributed by atoms with Crippen LogP contribution in [0.2, 0.25) is 0 Å². The van der Waals surface area contributed by atoms with Crippen molar-refractivity contribution in [3.05, 3.63) is 31.6 Å². The van der Waals surface area contributed by atoms with Gasteiger partial charge in [0.25, 0.3) is 5.69 Å². The number of halogens is 2. The molecule has 1 aromatic carbocycles. The van der Waals surface area contributed by atoms with Gasteiger partial charge in [-0.05, 0) is 55.4 Å². The van der Waals surface area contributed by atoms with E-state index in [9.17, 15) is 14.5 Å². The maximum absolute atomic E-state index is 13.6. The third-order valence-corrected chi connectivity index (χ3v) is 4.19. The fourth-order valence-electron chi connectivity index (χ4n) is 2.47. The summed E-state index contributed by atoms with van der Waals surface area (Å²) in [5.74, 6) is -0.438. The van der Waals surface area contributed by atoms with Gasteiger partial charge in [-0.3, -0.25) is 10.1 Å². The summed E-state index contributed by atoms with van der Waals surface area (Å²) in [6.45, 7) is 4.90. The smallest absolute Gasteiger partial charge is 0.293 e. The molecule has 20 heavy (non-hydrogen) atoms. The van der Waals surface area contributed by atoms with Gasteiger partial charge in [0.15, 0.2) is 0 Å². The van der Waals surface area contributed by atoms with Crippen LogP contribution >= 0.6 is 22.6 Å². The van der Waals surface area contributed by atoms with Gasteiger partial charge in [0.2, 0.25) is 0 Å². The van der Waals surface area contributed by atoms with Crippen molar-refractivity contribution in [2.24, 2.45) is 0 Å². The number of benzene rings is 1. The van der Waals surface area contributed by atoms with E-state index in [1.807, 2.05) is 6.92 Å². The summed E-state index contributed by atoms with van der Waals surface area (Å²) in [6.07, 6.45) is 2.40. The van der Waals surface area contributed by atoms with Crippen molar-refractivity contribution in [1.82, 2.24) is 4.90 Å². The maximum Gasteiger partial charge on any atom is 0.293 e. The van der Waals surface area contributed by atoms with Crippen LogP contribution in [-0.2, 0) is 0 Å². The zero-order valence-corrected chi connectivity index (χ0v) is 13.4. The molecule has 7 heteroatoms. The summed E-state index contributed by atoms with van der Waals surface area (Å²) in [6, 6.07) is 2.51. The van der Waals surface area contributed by atoms with Crippen LogP contribution in [0, 0.1) is 19.5 Å². The van der Waals surface area contributed by atoms with Gasteiger partial charge in [0.1, 0.15) is 11.5 Å². The van der Waals surface area contributed by atoms with Crippen molar-refractivity contribution in [3.63, 3.8) is 0 Å². The van der Waals surface area contributed by atoms with E-state index in [0.717, 1.165) is 19.6 Å². The van der Waals surface area contributed by atoms with E-state index in [4.69, 9.17) is 0 Å². The van der Waals surface area contributed by atoms with Crippen LogP contribution in [0.3, 0.4) is 0 Å². The third kappa shape index (κ3) is 3.78. The number of rotatable bonds is 5. The molecule has 110 valence electrons. The molecule has 0 bridgehead atoms. The summed E-state index contributed by atoms with van der Waals surface area (Å²) >= 11 is 1.76. The van der Waals surface area contributed by atoms with Crippen LogP contribution < -0.4 is 5.32 Å². The largest absolute Gasteiger partial charge is 0.376 e. The van der Waals surface area contributed by atoms with Crippen molar-refractivity contribution >= 4 is 34.0 Å². The van der Waals surface area contributed by atoms with Crippen molar-refractivity contribution in [3.8, 4) is 0 Å². The SMILES string of the molecule is CC(CN1CCCC1)Nc1cc(F)c(I)cc1[N+](=O)[O-]. The average Bonchev–Trinajstić information content (AvgIpc) is 2.85. The Hall–Kier alpha value is -0.960. The van der Waals surface area contributed by atoms with Crippen LogP contribution in [0.1, 0.15) is 19.8 Å². The monoisotopic (exact) mass is 393 g/mol. The first kappa shape index (κ1) is 15.4. The van der Waals surface area contributed by atoms with Gasteiger partial charge in [-0.2, -0.15) is 0 Å². The van der Waals surface area contributed by atoms with Crippen LogP contribution in [0.25, 0.3) is 0 Å². The molecule has 1 aliphatic heterocycles. The average molecular weight is 393 g/mol. The van der Waals surface area contributed by atoms with E-state index in [1.54, 1.807) is 22.6 Å². The number of hydrogen-bond acceptors (Lipinski definition) is 4. The highest BCUT2D eigenvalue weighted by molar-refractivity contribution is 14.1. The first-order valence-electron chi connectivity index (χ1n) is 6.59. The minimum absolute atomic E-state index is 0.0336. The fourth-order valence-corrected chi connectivity index (χ4v) is 2.92. The second kappa shape index (κ2) is 6.66. The normalized spacial score (nSPS) is 17.1. The van der Waals surface area contributed by atoms with Gasteiger partial charge in [-0.1, -0.05) is 0 Å². The molecule has 1 aliphatic rings. The van der Waals surface area contributed by atoms with Gasteiger partial charge in [0, 0.05) is 24.7 Å². The minimum atomic E-state index is -0.480. The Balaban J connectivity index is 2.10. The predicted molar refractivity (Wildman–Crippen MR) is 84.5 cm³/mol. The predicted octanol–water partition coefficient (Wildman–Crippen LogP) is 3.23. The second-order valence-corrected chi connectivity index (χ2v) is 6.26. The molecule has 2 rings (SSSR count). The summed E-state index contributed by atoms with van der Waals surface area (Å²) in [5.41, 5.74) is 0.170. The van der Waals surface area contributed by atoms with Gasteiger partial charge in [-0.15, -0.1) is 0 Å². The Morgan fingerprint density at radius 2 is 2.15 bits per heavy atom. The molecule has 0 aromatic heterocycles. The fraction of sp³-hybridized carbons (Fsp3) is 0.538. The Kier molecular flexibility index (Phi) is 5.14. The molecule has 1 saturated heterocycles. The zero-order chi connectivity index (χ0) is 14.7. The Morgan fingerprint density at radius 3 is 2.75 bits per heavy atom. The molecule has 0 spiro atoms. The Labute approximate surface area is 130 Å². The van der Waals surface area contributed by atoms with Crippen LogP contribution in [0.4, 0.5) is 15.8 Å². The number of nitrogens with zero attached hydrogens (tertiary/aromatic N) is 2. The highest BCUT2D eigenvalue weighted by atomic mass is 127. The number of nitro benzene ring substituents is 1. The first-order valence-corrected chi connectivity index (χ1v) is 7.67. The highest BCUT2D eigenvalue weighted by Gasteiger charge is 2.20. The van der Waals surface area contributed by atoms with Gasteiger partial charge < -0.3 is 10.2 Å². The zero-order valence-electron chi connectivity index (χ0n) is 11.2. The van der Waals surface area contributed by atoms with Crippen molar-refractivity contribution in [1.29, 1.82) is 0 Å². The van der Waals surface area contributed by atoms with E-state index >= 15 is 0 Å². The number of nitro groups is 1. The summed E-state index contributed by atoms with van der Waals surface area (Å²) in [5, 5.41) is 14.1. The Bertz CT molecular complexity index is 507. The maximum atomic E-state index is 13.6. The molecule has 0 aliphatic carbocycles. The van der Waals surface area contributed by atoms with Crippen molar-refractivity contribution in [2.45, 2.75) is 25.8 Å². The lowest BCUT2D eigenvalue weighted by Gasteiger charge is -2.22. The van der Waals surface area contributed by atoms with Crippen molar-refractivity contribution < 1.29 is 9.31 Å². The third-order valence-electron chi connectivity index (χ3n) is 3.37. The summed E-state index contributed by atoms with van der Waals surface area (Å²) < 4.78 is 13.9. The minimum Gasteiger partial charge on any atom is -0.376 e. The molecule has 0 amide bonds. The lowest BCUT2D eigenvalue weighted by Crippen LogP contribution is -2.33. The molecule has 0 saturated carbocycles. The molecule has 1 unspecified atom stereocenters. The van der Waals surface area contributed by atoms with Crippen molar-refractivity contribution in [2.75, 3.05) is 25.0 Å². The van der Waals surface area contributed by atoms with Crippen LogP contribution in [0.5, 0.6) is 0 Å².